The molecule has 0 spiro atoms. The second kappa shape index (κ2) is 10.1. The molecule has 0 N–H and O–H groups in total. The van der Waals surface area contributed by atoms with E-state index in [0.717, 1.165) is 12.8 Å². The van der Waals surface area contributed by atoms with Gasteiger partial charge in [0.25, 0.3) is 0 Å². The third kappa shape index (κ3) is 3.95. The van der Waals surface area contributed by atoms with E-state index in [1.54, 1.807) is 3.27 Å². The second-order valence-corrected chi connectivity index (χ2v) is 17.3. The fourth-order valence-corrected chi connectivity index (χ4v) is 15.0. The number of halogens is 2. The van der Waals surface area contributed by atoms with Gasteiger partial charge in [0, 0.05) is 0 Å². The number of hydrogen-bond acceptors (Lipinski definition) is 0. The molecule has 3 heteroatoms. The van der Waals surface area contributed by atoms with E-state index in [-0.39, 0.29) is 24.8 Å². The van der Waals surface area contributed by atoms with Crippen molar-refractivity contribution in [3.05, 3.63) is 132 Å². The fourth-order valence-electron chi connectivity index (χ4n) is 5.51. The maximum atomic E-state index is 5.22. The van der Waals surface area contributed by atoms with E-state index >= 15 is 0 Å². The number of benzene rings is 4. The van der Waals surface area contributed by atoms with Crippen LogP contribution in [0.5, 0.6) is 0 Å². The molecule has 0 atom stereocenters. The van der Waals surface area contributed by atoms with Crippen molar-refractivity contribution in [2.45, 2.75) is 12.8 Å². The van der Waals surface area contributed by atoms with Crippen LogP contribution in [0.25, 0.3) is 16.7 Å². The van der Waals surface area contributed by atoms with Crippen LogP contribution in [0.15, 0.2) is 115 Å². The molecule has 0 bridgehead atoms. The van der Waals surface area contributed by atoms with E-state index in [2.05, 4.69) is 115 Å². The molecule has 0 radical (unpaired) electrons. The number of hydrogen-bond donors (Lipinski definition) is 0. The predicted molar refractivity (Wildman–Crippen MR) is 150 cm³/mol. The van der Waals surface area contributed by atoms with Crippen molar-refractivity contribution < 1.29 is 19.8 Å². The van der Waals surface area contributed by atoms with Crippen molar-refractivity contribution in [2.24, 2.45) is 0 Å². The molecule has 4 aromatic rings. The van der Waals surface area contributed by atoms with Crippen LogP contribution in [-0.4, -0.2) is 4.21 Å². The number of rotatable bonds is 4. The second-order valence-electron chi connectivity index (χ2n) is 8.81. The van der Waals surface area contributed by atoms with Gasteiger partial charge in [0.2, 0.25) is 0 Å². The molecule has 0 nitrogen and oxygen atoms in total. The summed E-state index contributed by atoms with van der Waals surface area (Å²) in [7, 11) is 0. The predicted octanol–water partition coefficient (Wildman–Crippen LogP) is 6.31. The Labute approximate surface area is 218 Å². The molecule has 0 saturated heterocycles. The van der Waals surface area contributed by atoms with Gasteiger partial charge < -0.3 is 0 Å². The van der Waals surface area contributed by atoms with Gasteiger partial charge in [-0.05, 0) is 0 Å². The van der Waals surface area contributed by atoms with Crippen LogP contribution >= 0.6 is 24.8 Å². The average molecular weight is 562 g/mol. The molecule has 0 heterocycles. The first-order valence-electron chi connectivity index (χ1n) is 11.3. The van der Waals surface area contributed by atoms with Gasteiger partial charge in [-0.25, -0.2) is 0 Å². The molecule has 0 unspecified atom stereocenters. The van der Waals surface area contributed by atoms with Gasteiger partial charge in [-0.2, -0.15) is 0 Å². The quantitative estimate of drug-likeness (QED) is 0.241. The van der Waals surface area contributed by atoms with Gasteiger partial charge in [-0.1, -0.05) is 0 Å². The van der Waals surface area contributed by atoms with Crippen molar-refractivity contribution in [2.75, 3.05) is 0 Å². The summed E-state index contributed by atoms with van der Waals surface area (Å²) in [5.41, 5.74) is 8.59. The van der Waals surface area contributed by atoms with Gasteiger partial charge in [0.1, 0.15) is 0 Å². The molecular formula is C31H27Cl2Zr. The van der Waals surface area contributed by atoms with Crippen LogP contribution < -0.4 is 9.81 Å². The van der Waals surface area contributed by atoms with Crippen LogP contribution in [0.2, 0.25) is 0 Å². The van der Waals surface area contributed by atoms with Crippen LogP contribution in [-0.2, 0) is 26.2 Å². The zero-order valence-corrected chi connectivity index (χ0v) is 23.0. The van der Waals surface area contributed by atoms with Crippen molar-refractivity contribution in [3.8, 4) is 11.1 Å². The molecule has 6 rings (SSSR count). The first kappa shape index (κ1) is 24.8. The van der Waals surface area contributed by atoms with Crippen molar-refractivity contribution in [1.82, 2.24) is 0 Å². The first-order valence-corrected chi connectivity index (χ1v) is 16.8. The standard InChI is InChI=1S/C18H13.2C6H5.CH2.2ClH.Zr/c1-2-6-13(5-1)14-9-10-18-16(11-14)12-15-7-3-4-8-17(15)18;2*1-2-4-6-5-3-1;;;;/h1-5,7-10H,6,12H2;2*1-5H;1H2;2*1H;. The Morgan fingerprint density at radius 3 is 1.82 bits per heavy atom. The summed E-state index contributed by atoms with van der Waals surface area (Å²) in [6.45, 7) is 0. The summed E-state index contributed by atoms with van der Waals surface area (Å²) in [5, 5.41) is 0. The monoisotopic (exact) mass is 559 g/mol. The zero-order chi connectivity index (χ0) is 21.5. The zero-order valence-electron chi connectivity index (χ0n) is 18.9. The molecule has 0 amide bonds. The van der Waals surface area contributed by atoms with Crippen molar-refractivity contribution >= 4 is 44.4 Å². The topological polar surface area (TPSA) is 0 Å². The Bertz CT molecular complexity index is 1390. The summed E-state index contributed by atoms with van der Waals surface area (Å²) in [6, 6.07) is 35.9. The van der Waals surface area contributed by atoms with E-state index in [1.807, 2.05) is 0 Å². The summed E-state index contributed by atoms with van der Waals surface area (Å²) < 4.78 is 9.64. The summed E-state index contributed by atoms with van der Waals surface area (Å²) in [6.07, 6.45) is 8.78. The van der Waals surface area contributed by atoms with Gasteiger partial charge in [-0.15, -0.1) is 24.8 Å². The molecule has 0 fully saturated rings. The van der Waals surface area contributed by atoms with Crippen molar-refractivity contribution in [1.29, 1.82) is 0 Å². The first-order chi connectivity index (χ1) is 15.8. The Morgan fingerprint density at radius 1 is 0.618 bits per heavy atom. The normalized spacial score (nSPS) is 13.4. The molecule has 169 valence electrons. The molecule has 0 aliphatic heterocycles. The SMILES string of the molecule is Cl.Cl.[CH2]=[Zr]([c]1ccccc1)([c]1ccccc1)[c]1c(C2=CC=CC2)ccc2c1Cc1ccccc1-2. The molecule has 4 aromatic carbocycles. The molecule has 0 aromatic heterocycles. The van der Waals surface area contributed by atoms with Gasteiger partial charge in [0.15, 0.2) is 0 Å². The van der Waals surface area contributed by atoms with E-state index in [0.29, 0.717) is 0 Å². The fraction of sp³-hybridized carbons (Fsp3) is 0.0645. The Kier molecular flexibility index (Phi) is 7.39. The summed E-state index contributed by atoms with van der Waals surface area (Å²) in [5.74, 6) is 0. The Morgan fingerprint density at radius 2 is 1.21 bits per heavy atom. The minimum absolute atomic E-state index is 0. The summed E-state index contributed by atoms with van der Waals surface area (Å²) >= 11 is -3.53. The van der Waals surface area contributed by atoms with E-state index in [4.69, 9.17) is 4.21 Å². The number of fused-ring (bicyclic) bond motifs is 3. The van der Waals surface area contributed by atoms with Gasteiger partial charge >= 0.3 is 195 Å². The Balaban J connectivity index is 0.00000137. The molecule has 34 heavy (non-hydrogen) atoms. The van der Waals surface area contributed by atoms with Gasteiger partial charge in [-0.3, -0.25) is 0 Å². The summed E-state index contributed by atoms with van der Waals surface area (Å²) in [4.78, 5) is 0. The molecular weight excluding hydrogens is 534 g/mol. The van der Waals surface area contributed by atoms with Crippen LogP contribution in [0.1, 0.15) is 23.1 Å². The Hall–Kier alpha value is -2.31. The van der Waals surface area contributed by atoms with Crippen LogP contribution in [0.3, 0.4) is 0 Å². The van der Waals surface area contributed by atoms with E-state index in [1.165, 1.54) is 39.9 Å². The molecule has 2 aliphatic carbocycles. The average Bonchev–Trinajstić information content (AvgIpc) is 3.52. The molecule has 0 saturated carbocycles. The minimum atomic E-state index is -3.53. The van der Waals surface area contributed by atoms with Gasteiger partial charge in [0.05, 0.1) is 0 Å². The molecule has 2 aliphatic rings. The number of allylic oxidation sites excluding steroid dienone is 4. The third-order valence-corrected chi connectivity index (χ3v) is 17.1. The third-order valence-electron chi connectivity index (χ3n) is 7.06. The maximum absolute atomic E-state index is 5.22. The van der Waals surface area contributed by atoms with Crippen LogP contribution in [0, 0.1) is 0 Å². The van der Waals surface area contributed by atoms with Crippen molar-refractivity contribution in [3.63, 3.8) is 0 Å². The van der Waals surface area contributed by atoms with E-state index < -0.39 is 19.8 Å². The van der Waals surface area contributed by atoms with Crippen LogP contribution in [0.4, 0.5) is 0 Å². The van der Waals surface area contributed by atoms with E-state index in [9.17, 15) is 0 Å².